The van der Waals surface area contributed by atoms with Gasteiger partial charge in [-0.3, -0.25) is 14.6 Å². The molecule has 6 heteroatoms. The smallest absolute Gasteiger partial charge is 0.251 e. The minimum absolute atomic E-state index is 0.00806. The summed E-state index contributed by atoms with van der Waals surface area (Å²) in [6, 6.07) is 4.77. The fraction of sp³-hybridized carbons (Fsp3) is 0.474. The van der Waals surface area contributed by atoms with Crippen molar-refractivity contribution in [3.63, 3.8) is 0 Å². The minimum atomic E-state index is -0.314. The zero-order valence-electron chi connectivity index (χ0n) is 15.2. The molecular weight excluding hydrogens is 316 g/mol. The molecule has 134 valence electrons. The van der Waals surface area contributed by atoms with Crippen LogP contribution in [-0.4, -0.2) is 20.9 Å². The Labute approximate surface area is 148 Å². The first kappa shape index (κ1) is 18.8. The van der Waals surface area contributed by atoms with Crippen LogP contribution in [0.2, 0.25) is 0 Å². The lowest BCUT2D eigenvalue weighted by Crippen LogP contribution is -2.37. The third-order valence-corrected chi connectivity index (χ3v) is 4.34. The zero-order valence-corrected chi connectivity index (χ0v) is 15.2. The first-order valence-corrected chi connectivity index (χ1v) is 8.78. The van der Waals surface area contributed by atoms with Gasteiger partial charge in [-0.1, -0.05) is 27.7 Å². The monoisotopic (exact) mass is 342 g/mol. The quantitative estimate of drug-likeness (QED) is 0.809. The predicted octanol–water partition coefficient (Wildman–Crippen LogP) is 3.08. The zero-order chi connectivity index (χ0) is 18.4. The number of carbonyl (C=O) groups is 1. The van der Waals surface area contributed by atoms with Crippen molar-refractivity contribution in [3.05, 3.63) is 46.6 Å². The van der Waals surface area contributed by atoms with Crippen LogP contribution in [0, 0.1) is 11.8 Å². The van der Waals surface area contributed by atoms with E-state index in [9.17, 15) is 9.59 Å². The first-order valence-electron chi connectivity index (χ1n) is 8.78. The fourth-order valence-electron chi connectivity index (χ4n) is 2.79. The third-order valence-electron chi connectivity index (χ3n) is 4.34. The van der Waals surface area contributed by atoms with Crippen molar-refractivity contribution in [2.75, 3.05) is 0 Å². The number of rotatable bonds is 7. The molecule has 0 aliphatic rings. The Kier molecular flexibility index (Phi) is 6.44. The van der Waals surface area contributed by atoms with Crippen LogP contribution in [0.25, 0.3) is 11.4 Å². The summed E-state index contributed by atoms with van der Waals surface area (Å²) in [7, 11) is 0. The Balaban J connectivity index is 2.37. The summed E-state index contributed by atoms with van der Waals surface area (Å²) in [6.07, 6.45) is 4.89. The summed E-state index contributed by atoms with van der Waals surface area (Å²) in [6.45, 7) is 8.02. The van der Waals surface area contributed by atoms with Gasteiger partial charge in [0.25, 0.3) is 5.56 Å². The molecule has 0 radical (unpaired) electrons. The van der Waals surface area contributed by atoms with E-state index in [0.717, 1.165) is 18.4 Å². The second kappa shape index (κ2) is 8.55. The number of hydrogen-bond donors (Lipinski definition) is 2. The van der Waals surface area contributed by atoms with E-state index >= 15 is 0 Å². The van der Waals surface area contributed by atoms with Crippen LogP contribution in [0.5, 0.6) is 0 Å². The Morgan fingerprint density at radius 1 is 1.28 bits per heavy atom. The maximum Gasteiger partial charge on any atom is 0.251 e. The topological polar surface area (TPSA) is 87.7 Å². The molecule has 2 heterocycles. The number of amides is 1. The molecule has 0 bridgehead atoms. The van der Waals surface area contributed by atoms with Crippen LogP contribution in [-0.2, 0) is 4.79 Å². The van der Waals surface area contributed by atoms with Crippen molar-refractivity contribution in [2.45, 2.75) is 46.6 Å². The second-order valence-corrected chi connectivity index (χ2v) is 6.50. The summed E-state index contributed by atoms with van der Waals surface area (Å²) < 4.78 is 0. The third kappa shape index (κ3) is 4.75. The SMILES string of the molecule is CCC(CC)C(=O)NC(c1cc(=O)[nH]c(-c2cccnc2)n1)C(C)C. The lowest BCUT2D eigenvalue weighted by Gasteiger charge is -2.24. The Hall–Kier alpha value is -2.50. The largest absolute Gasteiger partial charge is 0.347 e. The van der Waals surface area contributed by atoms with Gasteiger partial charge in [-0.25, -0.2) is 4.98 Å². The lowest BCUT2D eigenvalue weighted by molar-refractivity contribution is -0.126. The number of nitrogens with zero attached hydrogens (tertiary/aromatic N) is 2. The Bertz CT molecular complexity index is 752. The molecule has 0 fully saturated rings. The molecule has 0 saturated carbocycles. The average molecular weight is 342 g/mol. The molecule has 6 nitrogen and oxygen atoms in total. The van der Waals surface area contributed by atoms with Crippen molar-refractivity contribution in [1.29, 1.82) is 0 Å². The van der Waals surface area contributed by atoms with E-state index < -0.39 is 0 Å². The highest BCUT2D eigenvalue weighted by Gasteiger charge is 2.24. The average Bonchev–Trinajstić information content (AvgIpc) is 2.60. The van der Waals surface area contributed by atoms with Crippen LogP contribution in [0.1, 0.15) is 52.3 Å². The fourth-order valence-corrected chi connectivity index (χ4v) is 2.79. The van der Waals surface area contributed by atoms with Gasteiger partial charge in [-0.2, -0.15) is 0 Å². The number of H-pyrrole nitrogens is 1. The van der Waals surface area contributed by atoms with Gasteiger partial charge >= 0.3 is 0 Å². The van der Waals surface area contributed by atoms with E-state index in [0.29, 0.717) is 11.5 Å². The molecule has 0 aliphatic carbocycles. The normalized spacial score (nSPS) is 12.4. The highest BCUT2D eigenvalue weighted by atomic mass is 16.2. The highest BCUT2D eigenvalue weighted by molar-refractivity contribution is 5.79. The molecule has 1 unspecified atom stereocenters. The van der Waals surface area contributed by atoms with E-state index in [1.54, 1.807) is 18.5 Å². The van der Waals surface area contributed by atoms with Crippen molar-refractivity contribution in [1.82, 2.24) is 20.3 Å². The van der Waals surface area contributed by atoms with Crippen molar-refractivity contribution < 1.29 is 4.79 Å². The van der Waals surface area contributed by atoms with Crippen LogP contribution >= 0.6 is 0 Å². The van der Waals surface area contributed by atoms with Gasteiger partial charge in [0.05, 0.1) is 11.7 Å². The molecule has 0 aliphatic heterocycles. The molecule has 0 saturated heterocycles. The molecule has 1 atom stereocenters. The maximum atomic E-state index is 12.5. The van der Waals surface area contributed by atoms with Gasteiger partial charge < -0.3 is 10.3 Å². The molecule has 0 aromatic carbocycles. The Morgan fingerprint density at radius 3 is 2.56 bits per heavy atom. The van der Waals surface area contributed by atoms with E-state index in [1.807, 2.05) is 33.8 Å². The molecule has 2 aromatic rings. The van der Waals surface area contributed by atoms with E-state index in [1.165, 1.54) is 6.07 Å². The van der Waals surface area contributed by atoms with Gasteiger partial charge in [-0.05, 0) is 30.9 Å². The van der Waals surface area contributed by atoms with Crippen molar-refractivity contribution >= 4 is 5.91 Å². The maximum absolute atomic E-state index is 12.5. The highest BCUT2D eigenvalue weighted by Crippen LogP contribution is 2.22. The predicted molar refractivity (Wildman–Crippen MR) is 97.9 cm³/mol. The molecular formula is C19H26N4O2. The summed E-state index contributed by atoms with van der Waals surface area (Å²) in [4.78, 5) is 36.0. The number of aromatic amines is 1. The van der Waals surface area contributed by atoms with Gasteiger partial charge in [0.2, 0.25) is 5.91 Å². The lowest BCUT2D eigenvalue weighted by atomic mass is 9.97. The number of hydrogen-bond acceptors (Lipinski definition) is 4. The molecule has 0 spiro atoms. The van der Waals surface area contributed by atoms with Crippen LogP contribution in [0.4, 0.5) is 0 Å². The van der Waals surface area contributed by atoms with Gasteiger partial charge in [-0.15, -0.1) is 0 Å². The molecule has 25 heavy (non-hydrogen) atoms. The van der Waals surface area contributed by atoms with Gasteiger partial charge in [0.15, 0.2) is 0 Å². The summed E-state index contributed by atoms with van der Waals surface area (Å²) in [5.74, 6) is 0.544. The molecule has 1 amide bonds. The van der Waals surface area contributed by atoms with E-state index in [2.05, 4.69) is 20.3 Å². The number of pyridine rings is 1. The molecule has 2 rings (SSSR count). The van der Waals surface area contributed by atoms with Crippen LogP contribution in [0.3, 0.4) is 0 Å². The first-order chi connectivity index (χ1) is 12.0. The summed E-state index contributed by atoms with van der Waals surface area (Å²) >= 11 is 0. The van der Waals surface area contributed by atoms with Crippen molar-refractivity contribution in [2.24, 2.45) is 11.8 Å². The summed E-state index contributed by atoms with van der Waals surface area (Å²) in [5.41, 5.74) is 1.05. The van der Waals surface area contributed by atoms with E-state index in [-0.39, 0.29) is 29.3 Å². The van der Waals surface area contributed by atoms with Crippen LogP contribution < -0.4 is 10.9 Å². The number of nitrogens with one attached hydrogen (secondary N) is 2. The summed E-state index contributed by atoms with van der Waals surface area (Å²) in [5, 5.41) is 3.07. The minimum Gasteiger partial charge on any atom is -0.347 e. The number of carbonyl (C=O) groups excluding carboxylic acids is 1. The standard InChI is InChI=1S/C19H26N4O2/c1-5-13(6-2)19(25)23-17(12(3)4)15-10-16(24)22-18(21-15)14-8-7-9-20-11-14/h7-13,17H,5-6H2,1-4H3,(H,23,25)(H,21,22,24). The molecule has 2 N–H and O–H groups in total. The van der Waals surface area contributed by atoms with Crippen molar-refractivity contribution in [3.8, 4) is 11.4 Å². The number of aromatic nitrogens is 3. The second-order valence-electron chi connectivity index (χ2n) is 6.50. The van der Waals surface area contributed by atoms with Crippen LogP contribution in [0.15, 0.2) is 35.4 Å². The van der Waals surface area contributed by atoms with E-state index in [4.69, 9.17) is 0 Å². The van der Waals surface area contributed by atoms with Gasteiger partial charge in [0, 0.05) is 29.9 Å². The molecule has 2 aromatic heterocycles. The van der Waals surface area contributed by atoms with Gasteiger partial charge in [0.1, 0.15) is 5.82 Å². The Morgan fingerprint density at radius 2 is 2.00 bits per heavy atom.